The van der Waals surface area contributed by atoms with Gasteiger partial charge in [-0.15, -0.1) is 24.0 Å². The standard InChI is InChI=1S/C19H38N4O2.HI/c1-20-19(21-11-13-23(14-16-24-2)17-9-10-17)22-12-15-25-18-7-5-3-4-6-8-18;/h17-18H,3-16H2,1-2H3,(H2,20,21,22);1H. The lowest BCUT2D eigenvalue weighted by atomic mass is 10.1. The van der Waals surface area contributed by atoms with E-state index in [0.717, 1.165) is 51.4 Å². The second-order valence-electron chi connectivity index (χ2n) is 7.17. The summed E-state index contributed by atoms with van der Waals surface area (Å²) in [5, 5.41) is 6.77. The molecule has 0 radical (unpaired) electrons. The molecule has 0 heterocycles. The van der Waals surface area contributed by atoms with Crippen molar-refractivity contribution in [1.82, 2.24) is 15.5 Å². The van der Waals surface area contributed by atoms with Gasteiger partial charge in [-0.3, -0.25) is 9.89 Å². The zero-order valence-corrected chi connectivity index (χ0v) is 19.0. The molecule has 0 aromatic carbocycles. The van der Waals surface area contributed by atoms with Crippen LogP contribution in [0.5, 0.6) is 0 Å². The fraction of sp³-hybridized carbons (Fsp3) is 0.947. The quantitative estimate of drug-likeness (QED) is 0.156. The van der Waals surface area contributed by atoms with E-state index >= 15 is 0 Å². The summed E-state index contributed by atoms with van der Waals surface area (Å²) in [7, 11) is 3.59. The average Bonchev–Trinajstić information content (AvgIpc) is 3.47. The predicted molar refractivity (Wildman–Crippen MR) is 119 cm³/mol. The van der Waals surface area contributed by atoms with E-state index in [4.69, 9.17) is 9.47 Å². The molecule has 2 saturated carbocycles. The molecule has 2 aliphatic rings. The van der Waals surface area contributed by atoms with Gasteiger partial charge in [-0.2, -0.15) is 0 Å². The highest BCUT2D eigenvalue weighted by Gasteiger charge is 2.28. The summed E-state index contributed by atoms with van der Waals surface area (Å²) in [6.07, 6.45) is 11.0. The van der Waals surface area contributed by atoms with Gasteiger partial charge in [-0.05, 0) is 25.7 Å². The van der Waals surface area contributed by atoms with Gasteiger partial charge in [0.2, 0.25) is 0 Å². The van der Waals surface area contributed by atoms with Gasteiger partial charge in [0.1, 0.15) is 0 Å². The van der Waals surface area contributed by atoms with Gasteiger partial charge in [0.15, 0.2) is 5.96 Å². The Kier molecular flexibility index (Phi) is 13.7. The number of rotatable bonds is 11. The van der Waals surface area contributed by atoms with Crippen molar-refractivity contribution in [3.63, 3.8) is 0 Å². The largest absolute Gasteiger partial charge is 0.383 e. The van der Waals surface area contributed by atoms with Crippen LogP contribution in [-0.2, 0) is 9.47 Å². The summed E-state index contributed by atoms with van der Waals surface area (Å²) in [5.41, 5.74) is 0. The van der Waals surface area contributed by atoms with Gasteiger partial charge in [0.05, 0.1) is 19.3 Å². The fourth-order valence-corrected chi connectivity index (χ4v) is 3.47. The summed E-state index contributed by atoms with van der Waals surface area (Å²) in [6, 6.07) is 0.764. The number of hydrogen-bond donors (Lipinski definition) is 2. The Morgan fingerprint density at radius 1 is 0.962 bits per heavy atom. The van der Waals surface area contributed by atoms with Gasteiger partial charge < -0.3 is 20.1 Å². The van der Waals surface area contributed by atoms with Gasteiger partial charge in [-0.1, -0.05) is 25.7 Å². The molecule has 0 spiro atoms. The first-order valence-electron chi connectivity index (χ1n) is 10.1. The Morgan fingerprint density at radius 2 is 1.65 bits per heavy atom. The molecule has 0 aromatic heterocycles. The molecule has 2 rings (SSSR count). The van der Waals surface area contributed by atoms with E-state index in [2.05, 4.69) is 20.5 Å². The Balaban J connectivity index is 0.00000338. The Morgan fingerprint density at radius 3 is 2.27 bits per heavy atom. The van der Waals surface area contributed by atoms with Crippen LogP contribution in [0.1, 0.15) is 51.4 Å². The maximum absolute atomic E-state index is 6.02. The van der Waals surface area contributed by atoms with Crippen molar-refractivity contribution in [2.45, 2.75) is 63.5 Å². The molecule has 154 valence electrons. The minimum absolute atomic E-state index is 0. The van der Waals surface area contributed by atoms with Crippen molar-refractivity contribution < 1.29 is 9.47 Å². The number of guanidine groups is 1. The monoisotopic (exact) mass is 482 g/mol. The van der Waals surface area contributed by atoms with Crippen LogP contribution in [0, 0.1) is 0 Å². The van der Waals surface area contributed by atoms with Crippen LogP contribution in [0.4, 0.5) is 0 Å². The first-order valence-corrected chi connectivity index (χ1v) is 10.1. The summed E-state index contributed by atoms with van der Waals surface area (Å²) >= 11 is 0. The average molecular weight is 482 g/mol. The van der Waals surface area contributed by atoms with Crippen molar-refractivity contribution in [2.24, 2.45) is 4.99 Å². The van der Waals surface area contributed by atoms with E-state index in [9.17, 15) is 0 Å². The topological polar surface area (TPSA) is 58.1 Å². The van der Waals surface area contributed by atoms with Crippen molar-refractivity contribution in [3.8, 4) is 0 Å². The Labute approximate surface area is 176 Å². The van der Waals surface area contributed by atoms with E-state index in [-0.39, 0.29) is 24.0 Å². The molecule has 0 unspecified atom stereocenters. The zero-order valence-electron chi connectivity index (χ0n) is 16.7. The van der Waals surface area contributed by atoms with Gasteiger partial charge >= 0.3 is 0 Å². The van der Waals surface area contributed by atoms with E-state index in [1.54, 1.807) is 7.11 Å². The van der Waals surface area contributed by atoms with Crippen molar-refractivity contribution in [2.75, 3.05) is 53.6 Å². The summed E-state index contributed by atoms with van der Waals surface area (Å²) in [6.45, 7) is 5.34. The smallest absolute Gasteiger partial charge is 0.191 e. The molecular formula is C19H39IN4O2. The van der Waals surface area contributed by atoms with Crippen LogP contribution in [0.15, 0.2) is 4.99 Å². The van der Waals surface area contributed by atoms with Crippen LogP contribution >= 0.6 is 24.0 Å². The van der Waals surface area contributed by atoms with Crippen LogP contribution in [0.2, 0.25) is 0 Å². The van der Waals surface area contributed by atoms with Crippen LogP contribution < -0.4 is 10.6 Å². The normalized spacial score (nSPS) is 19.1. The summed E-state index contributed by atoms with van der Waals surface area (Å²) in [4.78, 5) is 6.82. The highest BCUT2D eigenvalue weighted by atomic mass is 127. The van der Waals surface area contributed by atoms with Gasteiger partial charge in [0.25, 0.3) is 0 Å². The van der Waals surface area contributed by atoms with E-state index in [0.29, 0.717) is 6.10 Å². The van der Waals surface area contributed by atoms with Crippen LogP contribution in [0.3, 0.4) is 0 Å². The maximum Gasteiger partial charge on any atom is 0.191 e. The SMILES string of the molecule is CN=C(NCCOC1CCCCCC1)NCCN(CCOC)C1CC1.I. The Hall–Kier alpha value is -0.120. The van der Waals surface area contributed by atoms with Crippen molar-refractivity contribution in [1.29, 1.82) is 0 Å². The van der Waals surface area contributed by atoms with E-state index in [1.807, 2.05) is 7.05 Å². The molecule has 2 aliphatic carbocycles. The highest BCUT2D eigenvalue weighted by molar-refractivity contribution is 14.0. The maximum atomic E-state index is 6.02. The number of ether oxygens (including phenoxy) is 2. The lowest BCUT2D eigenvalue weighted by molar-refractivity contribution is 0.0468. The molecule has 0 saturated heterocycles. The van der Waals surface area contributed by atoms with Crippen molar-refractivity contribution in [3.05, 3.63) is 0 Å². The predicted octanol–water partition coefficient (Wildman–Crippen LogP) is 2.62. The molecule has 6 nitrogen and oxygen atoms in total. The van der Waals surface area contributed by atoms with Crippen LogP contribution in [-0.4, -0.2) is 76.6 Å². The molecule has 0 aromatic rings. The minimum atomic E-state index is 0. The van der Waals surface area contributed by atoms with Crippen LogP contribution in [0.25, 0.3) is 0 Å². The van der Waals surface area contributed by atoms with Gasteiger partial charge in [0, 0.05) is 46.4 Å². The Bertz CT molecular complexity index is 373. The third kappa shape index (κ3) is 10.3. The third-order valence-corrected chi connectivity index (χ3v) is 5.11. The second-order valence-corrected chi connectivity index (χ2v) is 7.17. The highest BCUT2D eigenvalue weighted by Crippen LogP contribution is 2.26. The third-order valence-electron chi connectivity index (χ3n) is 5.11. The van der Waals surface area contributed by atoms with E-state index < -0.39 is 0 Å². The van der Waals surface area contributed by atoms with Crippen molar-refractivity contribution >= 4 is 29.9 Å². The summed E-state index contributed by atoms with van der Waals surface area (Å²) < 4.78 is 11.2. The fourth-order valence-electron chi connectivity index (χ4n) is 3.47. The zero-order chi connectivity index (χ0) is 17.7. The first kappa shape index (κ1) is 23.9. The molecule has 2 N–H and O–H groups in total. The molecular weight excluding hydrogens is 443 g/mol. The first-order chi connectivity index (χ1) is 12.3. The molecule has 26 heavy (non-hydrogen) atoms. The van der Waals surface area contributed by atoms with Gasteiger partial charge in [-0.25, -0.2) is 0 Å². The summed E-state index contributed by atoms with van der Waals surface area (Å²) in [5.74, 6) is 0.868. The second kappa shape index (κ2) is 14.9. The molecule has 0 atom stereocenters. The number of hydrogen-bond acceptors (Lipinski definition) is 4. The molecule has 0 bridgehead atoms. The number of methoxy groups -OCH3 is 1. The number of nitrogens with zero attached hydrogens (tertiary/aromatic N) is 2. The molecule has 0 amide bonds. The lowest BCUT2D eigenvalue weighted by Gasteiger charge is -2.22. The van der Waals surface area contributed by atoms with E-state index in [1.165, 1.54) is 51.4 Å². The lowest BCUT2D eigenvalue weighted by Crippen LogP contribution is -2.43. The number of nitrogens with one attached hydrogen (secondary N) is 2. The molecule has 2 fully saturated rings. The minimum Gasteiger partial charge on any atom is -0.383 e. The molecule has 7 heteroatoms. The molecule has 0 aliphatic heterocycles. The number of aliphatic imine (C=N–C) groups is 1. The number of halogens is 1.